The fourth-order valence-electron chi connectivity index (χ4n) is 3.20. The molecule has 1 aliphatic rings. The minimum atomic E-state index is -0.174. The highest BCUT2D eigenvalue weighted by Crippen LogP contribution is 2.32. The lowest BCUT2D eigenvalue weighted by Gasteiger charge is -2.21. The third kappa shape index (κ3) is 2.26. The fraction of sp³-hybridized carbons (Fsp3) is 0.438. The van der Waals surface area contributed by atoms with E-state index in [1.807, 2.05) is 20.0 Å². The zero-order valence-electron chi connectivity index (χ0n) is 13.6. The number of likely N-dealkylation sites (tertiary alicyclic amines) is 1. The van der Waals surface area contributed by atoms with Crippen LogP contribution in [0.1, 0.15) is 53.7 Å². The van der Waals surface area contributed by atoms with E-state index in [0.29, 0.717) is 41.8 Å². The number of hydrogen-bond acceptors (Lipinski definition) is 6. The van der Waals surface area contributed by atoms with Crippen LogP contribution in [0, 0.1) is 6.92 Å². The molecule has 0 unspecified atom stereocenters. The molecule has 1 fully saturated rings. The van der Waals surface area contributed by atoms with Gasteiger partial charge in [0.25, 0.3) is 5.91 Å². The number of amides is 1. The molecule has 0 bridgehead atoms. The first-order valence-electron chi connectivity index (χ1n) is 8.12. The third-order valence-corrected chi connectivity index (χ3v) is 4.38. The smallest absolute Gasteiger partial charge is 0.273 e. The molecule has 1 aliphatic heterocycles. The van der Waals surface area contributed by atoms with E-state index >= 15 is 0 Å². The van der Waals surface area contributed by atoms with E-state index in [2.05, 4.69) is 20.1 Å². The summed E-state index contributed by atoms with van der Waals surface area (Å²) in [6, 6.07) is 1.62. The largest absolute Gasteiger partial charge is 0.337 e. The van der Waals surface area contributed by atoms with Crippen molar-refractivity contribution < 1.29 is 9.32 Å². The predicted octanol–water partition coefficient (Wildman–Crippen LogP) is 1.96. The Hall–Kier alpha value is -2.77. The highest BCUT2D eigenvalue weighted by molar-refractivity contribution is 5.95. The Kier molecular flexibility index (Phi) is 3.51. The number of carbonyl (C=O) groups excluding carboxylic acids is 1. The number of hydrogen-bond donors (Lipinski definition) is 0. The molecule has 1 saturated heterocycles. The van der Waals surface area contributed by atoms with Gasteiger partial charge in [0.2, 0.25) is 11.7 Å². The lowest BCUT2D eigenvalue weighted by molar-refractivity contribution is 0.0702. The first-order valence-corrected chi connectivity index (χ1v) is 8.12. The third-order valence-electron chi connectivity index (χ3n) is 4.38. The van der Waals surface area contributed by atoms with Gasteiger partial charge in [-0.05, 0) is 25.8 Å². The van der Waals surface area contributed by atoms with Crippen LogP contribution in [0.3, 0.4) is 0 Å². The Morgan fingerprint density at radius 3 is 3.08 bits per heavy atom. The Labute approximate surface area is 138 Å². The van der Waals surface area contributed by atoms with Crippen LogP contribution in [0.4, 0.5) is 0 Å². The van der Waals surface area contributed by atoms with Crippen molar-refractivity contribution >= 4 is 11.7 Å². The van der Waals surface area contributed by atoms with Crippen molar-refractivity contribution in [2.75, 3.05) is 6.54 Å². The number of aromatic nitrogens is 5. The van der Waals surface area contributed by atoms with E-state index in [4.69, 9.17) is 4.52 Å². The SMILES string of the molecule is CCc1noc([C@@H]2CCCN2C(=O)c2c(C)nc3ncccn23)n1. The van der Waals surface area contributed by atoms with Gasteiger partial charge < -0.3 is 9.42 Å². The van der Waals surface area contributed by atoms with E-state index < -0.39 is 0 Å². The molecule has 0 saturated carbocycles. The molecule has 3 aromatic rings. The molecule has 0 radical (unpaired) electrons. The molecule has 4 heterocycles. The van der Waals surface area contributed by atoms with Crippen LogP contribution in [0.5, 0.6) is 0 Å². The summed E-state index contributed by atoms with van der Waals surface area (Å²) >= 11 is 0. The van der Waals surface area contributed by atoms with E-state index in [-0.39, 0.29) is 11.9 Å². The second-order valence-electron chi connectivity index (χ2n) is 5.89. The molecular weight excluding hydrogens is 308 g/mol. The molecule has 0 N–H and O–H groups in total. The Bertz CT molecular complexity index is 899. The van der Waals surface area contributed by atoms with Crippen LogP contribution in [0.15, 0.2) is 23.0 Å². The van der Waals surface area contributed by atoms with Gasteiger partial charge in [0.1, 0.15) is 11.7 Å². The van der Waals surface area contributed by atoms with E-state index in [9.17, 15) is 4.79 Å². The molecule has 4 rings (SSSR count). The monoisotopic (exact) mass is 326 g/mol. The molecule has 0 aliphatic carbocycles. The highest BCUT2D eigenvalue weighted by Gasteiger charge is 2.36. The number of imidazole rings is 1. The summed E-state index contributed by atoms with van der Waals surface area (Å²) in [5.41, 5.74) is 1.21. The lowest BCUT2D eigenvalue weighted by atomic mass is 10.2. The summed E-state index contributed by atoms with van der Waals surface area (Å²) < 4.78 is 7.10. The molecule has 0 spiro atoms. The number of rotatable bonds is 3. The minimum absolute atomic E-state index is 0.0771. The second kappa shape index (κ2) is 5.70. The van der Waals surface area contributed by atoms with Crippen molar-refractivity contribution in [3.8, 4) is 0 Å². The standard InChI is InChI=1S/C16H18N6O2/c1-3-12-19-14(24-20-12)11-6-4-8-21(11)15(23)13-10(2)18-16-17-7-5-9-22(13)16/h5,7,9,11H,3-4,6,8H2,1-2H3/t11-/m0/s1. The zero-order valence-corrected chi connectivity index (χ0v) is 13.6. The molecular formula is C16H18N6O2. The van der Waals surface area contributed by atoms with Crippen LogP contribution in [-0.4, -0.2) is 41.9 Å². The van der Waals surface area contributed by atoms with Gasteiger partial charge in [-0.15, -0.1) is 0 Å². The maximum Gasteiger partial charge on any atom is 0.273 e. The Balaban J connectivity index is 1.71. The average Bonchev–Trinajstić information content (AvgIpc) is 3.30. The number of carbonyl (C=O) groups is 1. The molecule has 1 atom stereocenters. The van der Waals surface area contributed by atoms with Crippen LogP contribution >= 0.6 is 0 Å². The normalized spacial score (nSPS) is 17.8. The second-order valence-corrected chi connectivity index (χ2v) is 5.89. The van der Waals surface area contributed by atoms with Crippen LogP contribution in [-0.2, 0) is 6.42 Å². The van der Waals surface area contributed by atoms with Gasteiger partial charge in [-0.25, -0.2) is 9.97 Å². The molecule has 8 heteroatoms. The molecule has 1 amide bonds. The summed E-state index contributed by atoms with van der Waals surface area (Å²) in [6.07, 6.45) is 5.92. The maximum atomic E-state index is 13.2. The predicted molar refractivity (Wildman–Crippen MR) is 84.4 cm³/mol. The van der Waals surface area contributed by atoms with E-state index in [1.165, 1.54) is 0 Å². The first kappa shape index (κ1) is 14.8. The van der Waals surface area contributed by atoms with Crippen molar-refractivity contribution in [3.05, 3.63) is 41.6 Å². The summed E-state index contributed by atoms with van der Waals surface area (Å²) in [4.78, 5) is 27.9. The summed E-state index contributed by atoms with van der Waals surface area (Å²) in [6.45, 7) is 4.47. The highest BCUT2D eigenvalue weighted by atomic mass is 16.5. The van der Waals surface area contributed by atoms with Crippen LogP contribution in [0.25, 0.3) is 5.78 Å². The molecule has 124 valence electrons. The minimum Gasteiger partial charge on any atom is -0.337 e. The van der Waals surface area contributed by atoms with Gasteiger partial charge in [0.15, 0.2) is 5.82 Å². The van der Waals surface area contributed by atoms with Gasteiger partial charge in [0, 0.05) is 25.4 Å². The number of aryl methyl sites for hydroxylation is 2. The van der Waals surface area contributed by atoms with Crippen molar-refractivity contribution in [2.24, 2.45) is 0 Å². The quantitative estimate of drug-likeness (QED) is 0.731. The summed E-state index contributed by atoms with van der Waals surface area (Å²) in [7, 11) is 0. The molecule has 3 aromatic heterocycles. The van der Waals surface area contributed by atoms with E-state index in [0.717, 1.165) is 12.8 Å². The topological polar surface area (TPSA) is 89.4 Å². The molecule has 0 aromatic carbocycles. The van der Waals surface area contributed by atoms with E-state index in [1.54, 1.807) is 21.6 Å². The lowest BCUT2D eigenvalue weighted by Crippen LogP contribution is -2.32. The van der Waals surface area contributed by atoms with Crippen LogP contribution in [0.2, 0.25) is 0 Å². The average molecular weight is 326 g/mol. The number of nitrogens with zero attached hydrogens (tertiary/aromatic N) is 6. The van der Waals surface area contributed by atoms with Crippen molar-refractivity contribution in [1.29, 1.82) is 0 Å². The fourth-order valence-corrected chi connectivity index (χ4v) is 3.20. The maximum absolute atomic E-state index is 13.2. The van der Waals surface area contributed by atoms with Crippen molar-refractivity contribution in [3.63, 3.8) is 0 Å². The molecule has 8 nitrogen and oxygen atoms in total. The van der Waals surface area contributed by atoms with Crippen molar-refractivity contribution in [2.45, 2.75) is 39.2 Å². The van der Waals surface area contributed by atoms with Gasteiger partial charge in [0.05, 0.1) is 5.69 Å². The Morgan fingerprint density at radius 2 is 2.29 bits per heavy atom. The van der Waals surface area contributed by atoms with Gasteiger partial charge in [-0.2, -0.15) is 4.98 Å². The first-order chi connectivity index (χ1) is 11.7. The molecule has 24 heavy (non-hydrogen) atoms. The van der Waals surface area contributed by atoms with Crippen molar-refractivity contribution in [1.82, 2.24) is 29.4 Å². The zero-order chi connectivity index (χ0) is 16.7. The van der Waals surface area contributed by atoms with Gasteiger partial charge in [-0.1, -0.05) is 12.1 Å². The van der Waals surface area contributed by atoms with Gasteiger partial charge >= 0.3 is 0 Å². The number of fused-ring (bicyclic) bond motifs is 1. The van der Waals surface area contributed by atoms with Gasteiger partial charge in [-0.3, -0.25) is 9.20 Å². The summed E-state index contributed by atoms with van der Waals surface area (Å²) in [5.74, 6) is 1.63. The Morgan fingerprint density at radius 1 is 1.42 bits per heavy atom. The van der Waals surface area contributed by atoms with Crippen LogP contribution < -0.4 is 0 Å². The summed E-state index contributed by atoms with van der Waals surface area (Å²) in [5, 5.41) is 3.95.